The third kappa shape index (κ3) is 7.06. The fourth-order valence-corrected chi connectivity index (χ4v) is 1.92. The first kappa shape index (κ1) is 15.8. The van der Waals surface area contributed by atoms with Gasteiger partial charge in [0.1, 0.15) is 0 Å². The molecule has 3 heteroatoms. The molecule has 19 heavy (non-hydrogen) atoms. The molecule has 0 aromatic heterocycles. The molecule has 3 nitrogen and oxygen atoms in total. The van der Waals surface area contributed by atoms with Gasteiger partial charge >= 0.3 is 0 Å². The van der Waals surface area contributed by atoms with Gasteiger partial charge in [-0.15, -0.1) is 0 Å². The second-order valence-electron chi connectivity index (χ2n) is 5.33. The maximum Gasteiger partial charge on any atom is 0.0518 e. The molecule has 0 radical (unpaired) electrons. The molecule has 0 aliphatic carbocycles. The van der Waals surface area contributed by atoms with Gasteiger partial charge in [0.2, 0.25) is 0 Å². The average molecular weight is 264 g/mol. The van der Waals surface area contributed by atoms with Gasteiger partial charge in [-0.05, 0) is 57.4 Å². The van der Waals surface area contributed by atoms with Gasteiger partial charge in [-0.1, -0.05) is 12.8 Å². The van der Waals surface area contributed by atoms with Crippen LogP contribution in [0.2, 0.25) is 0 Å². The molecular formula is C16H28N2O. The van der Waals surface area contributed by atoms with Gasteiger partial charge in [-0.2, -0.15) is 0 Å². The summed E-state index contributed by atoms with van der Waals surface area (Å²) >= 11 is 0. The Bertz CT molecular complexity index is 364. The summed E-state index contributed by atoms with van der Waals surface area (Å²) in [6, 6.07) is 6.10. The van der Waals surface area contributed by atoms with Crippen LogP contribution in [0, 0.1) is 6.92 Å². The first-order chi connectivity index (χ1) is 9.09. The van der Waals surface area contributed by atoms with Crippen molar-refractivity contribution in [2.24, 2.45) is 0 Å². The first-order valence-electron chi connectivity index (χ1n) is 7.31. The van der Waals surface area contributed by atoms with Crippen molar-refractivity contribution < 1.29 is 4.74 Å². The monoisotopic (exact) mass is 264 g/mol. The van der Waals surface area contributed by atoms with E-state index in [-0.39, 0.29) is 0 Å². The number of nitrogen functional groups attached to an aromatic ring is 1. The highest BCUT2D eigenvalue weighted by atomic mass is 16.5. The standard InChI is InChI=1S/C16H28N2O/c1-13(2)19-11-7-5-4-6-10-18-15-8-9-16(17)14(3)12-15/h8-9,12-13,18H,4-7,10-11,17H2,1-3H3. The van der Waals surface area contributed by atoms with Crippen LogP contribution in [0.1, 0.15) is 45.1 Å². The molecule has 0 amide bonds. The maximum absolute atomic E-state index is 5.79. The van der Waals surface area contributed by atoms with E-state index in [1.807, 2.05) is 19.1 Å². The van der Waals surface area contributed by atoms with Crippen molar-refractivity contribution in [3.05, 3.63) is 23.8 Å². The zero-order chi connectivity index (χ0) is 14.1. The molecule has 0 saturated heterocycles. The van der Waals surface area contributed by atoms with Crippen molar-refractivity contribution in [2.45, 2.75) is 52.6 Å². The quantitative estimate of drug-likeness (QED) is 0.524. The van der Waals surface area contributed by atoms with E-state index in [4.69, 9.17) is 10.5 Å². The number of unbranched alkanes of at least 4 members (excludes halogenated alkanes) is 3. The van der Waals surface area contributed by atoms with Gasteiger partial charge in [0.25, 0.3) is 0 Å². The predicted octanol–water partition coefficient (Wildman–Crippen LogP) is 3.97. The highest BCUT2D eigenvalue weighted by molar-refractivity contribution is 5.56. The Balaban J connectivity index is 2.03. The van der Waals surface area contributed by atoms with Gasteiger partial charge in [-0.3, -0.25) is 0 Å². The minimum absolute atomic E-state index is 0.357. The van der Waals surface area contributed by atoms with Crippen LogP contribution in [-0.4, -0.2) is 19.3 Å². The lowest BCUT2D eigenvalue weighted by Crippen LogP contribution is -2.04. The summed E-state index contributed by atoms with van der Waals surface area (Å²) in [5.74, 6) is 0. The molecule has 0 heterocycles. The minimum atomic E-state index is 0.357. The Labute approximate surface area is 117 Å². The lowest BCUT2D eigenvalue weighted by atomic mass is 10.1. The minimum Gasteiger partial charge on any atom is -0.399 e. The second-order valence-corrected chi connectivity index (χ2v) is 5.33. The lowest BCUT2D eigenvalue weighted by Gasteiger charge is -2.09. The smallest absolute Gasteiger partial charge is 0.0518 e. The van der Waals surface area contributed by atoms with Gasteiger partial charge in [0.15, 0.2) is 0 Å². The number of ether oxygens (including phenoxy) is 1. The van der Waals surface area contributed by atoms with Crippen LogP contribution >= 0.6 is 0 Å². The van der Waals surface area contributed by atoms with E-state index in [1.54, 1.807) is 0 Å². The topological polar surface area (TPSA) is 47.3 Å². The number of rotatable bonds is 9. The molecule has 1 aromatic carbocycles. The molecule has 0 bridgehead atoms. The van der Waals surface area contributed by atoms with Crippen LogP contribution in [0.4, 0.5) is 11.4 Å². The fourth-order valence-electron chi connectivity index (χ4n) is 1.92. The molecule has 0 aliphatic heterocycles. The summed E-state index contributed by atoms with van der Waals surface area (Å²) in [6.07, 6.45) is 5.22. The number of nitrogens with two attached hydrogens (primary N) is 1. The lowest BCUT2D eigenvalue weighted by molar-refractivity contribution is 0.0757. The van der Waals surface area contributed by atoms with Crippen LogP contribution in [0.25, 0.3) is 0 Å². The van der Waals surface area contributed by atoms with Crippen LogP contribution in [0.5, 0.6) is 0 Å². The normalized spacial score (nSPS) is 10.9. The fraction of sp³-hybridized carbons (Fsp3) is 0.625. The zero-order valence-electron chi connectivity index (χ0n) is 12.5. The molecule has 0 spiro atoms. The van der Waals surface area contributed by atoms with E-state index in [9.17, 15) is 0 Å². The van der Waals surface area contributed by atoms with Crippen LogP contribution in [-0.2, 0) is 4.74 Å². The summed E-state index contributed by atoms with van der Waals surface area (Å²) in [4.78, 5) is 0. The first-order valence-corrected chi connectivity index (χ1v) is 7.31. The van der Waals surface area contributed by atoms with E-state index in [0.717, 1.165) is 30.1 Å². The Kier molecular flexibility index (Phi) is 7.34. The summed E-state index contributed by atoms with van der Waals surface area (Å²) < 4.78 is 5.51. The van der Waals surface area contributed by atoms with Crippen molar-refractivity contribution in [1.82, 2.24) is 0 Å². The molecule has 0 unspecified atom stereocenters. The molecule has 1 aromatic rings. The van der Waals surface area contributed by atoms with Gasteiger partial charge in [0.05, 0.1) is 6.10 Å². The largest absolute Gasteiger partial charge is 0.399 e. The average Bonchev–Trinajstić information content (AvgIpc) is 2.36. The van der Waals surface area contributed by atoms with Crippen molar-refractivity contribution >= 4 is 11.4 Å². The van der Waals surface area contributed by atoms with Gasteiger partial charge in [-0.25, -0.2) is 0 Å². The van der Waals surface area contributed by atoms with E-state index < -0.39 is 0 Å². The van der Waals surface area contributed by atoms with Crippen molar-refractivity contribution in [1.29, 1.82) is 0 Å². The molecule has 108 valence electrons. The predicted molar refractivity (Wildman–Crippen MR) is 83.6 cm³/mol. The number of hydrogen-bond donors (Lipinski definition) is 2. The third-order valence-electron chi connectivity index (χ3n) is 3.12. The van der Waals surface area contributed by atoms with Crippen LogP contribution < -0.4 is 11.1 Å². The van der Waals surface area contributed by atoms with E-state index in [0.29, 0.717) is 6.10 Å². The Morgan fingerprint density at radius 3 is 2.58 bits per heavy atom. The number of nitrogens with one attached hydrogen (secondary N) is 1. The Hall–Kier alpha value is -1.22. The van der Waals surface area contributed by atoms with Crippen LogP contribution in [0.3, 0.4) is 0 Å². The molecule has 0 aliphatic rings. The molecule has 0 atom stereocenters. The van der Waals surface area contributed by atoms with E-state index >= 15 is 0 Å². The molecule has 1 rings (SSSR count). The molecule has 0 saturated carbocycles. The van der Waals surface area contributed by atoms with Crippen LogP contribution in [0.15, 0.2) is 18.2 Å². The Morgan fingerprint density at radius 1 is 1.16 bits per heavy atom. The number of aryl methyl sites for hydroxylation is 1. The summed E-state index contributed by atoms with van der Waals surface area (Å²) in [5.41, 5.74) is 8.95. The second kappa shape index (κ2) is 8.81. The Morgan fingerprint density at radius 2 is 1.89 bits per heavy atom. The maximum atomic E-state index is 5.79. The summed E-state index contributed by atoms with van der Waals surface area (Å²) in [5, 5.41) is 3.44. The molecular weight excluding hydrogens is 236 g/mol. The summed E-state index contributed by atoms with van der Waals surface area (Å²) in [7, 11) is 0. The van der Waals surface area contributed by atoms with Gasteiger partial charge in [0, 0.05) is 24.5 Å². The van der Waals surface area contributed by atoms with Crippen molar-refractivity contribution in [2.75, 3.05) is 24.2 Å². The molecule has 0 fully saturated rings. The van der Waals surface area contributed by atoms with Crippen molar-refractivity contribution in [3.8, 4) is 0 Å². The highest BCUT2D eigenvalue weighted by Crippen LogP contribution is 2.16. The zero-order valence-corrected chi connectivity index (χ0v) is 12.5. The number of hydrogen-bond acceptors (Lipinski definition) is 3. The highest BCUT2D eigenvalue weighted by Gasteiger charge is 1.97. The van der Waals surface area contributed by atoms with E-state index in [2.05, 4.69) is 25.2 Å². The van der Waals surface area contributed by atoms with Crippen molar-refractivity contribution in [3.63, 3.8) is 0 Å². The number of benzene rings is 1. The third-order valence-corrected chi connectivity index (χ3v) is 3.12. The summed E-state index contributed by atoms with van der Waals surface area (Å²) in [6.45, 7) is 8.11. The SMILES string of the molecule is Cc1cc(NCCCCCCOC(C)C)ccc1N. The number of anilines is 2. The van der Waals surface area contributed by atoms with E-state index in [1.165, 1.54) is 25.7 Å². The molecule has 3 N–H and O–H groups in total. The van der Waals surface area contributed by atoms with Gasteiger partial charge < -0.3 is 15.8 Å².